The number of anilines is 2. The number of thiophene rings is 1. The largest absolute Gasteiger partial charge is 0.380 e. The Labute approximate surface area is 121 Å². The summed E-state index contributed by atoms with van der Waals surface area (Å²) in [5, 5.41) is 15.0. The summed E-state index contributed by atoms with van der Waals surface area (Å²) < 4.78 is 0. The molecule has 0 unspecified atom stereocenters. The van der Waals surface area contributed by atoms with E-state index in [1.807, 2.05) is 24.3 Å². The summed E-state index contributed by atoms with van der Waals surface area (Å²) in [6.07, 6.45) is 1.33. The summed E-state index contributed by atoms with van der Waals surface area (Å²) in [6.45, 7) is 0.706. The molecule has 4 nitrogen and oxygen atoms in total. The fraction of sp³-hybridized carbons (Fsp3) is 0.200. The molecule has 0 saturated carbocycles. The average Bonchev–Trinajstić information content (AvgIpc) is 2.93. The summed E-state index contributed by atoms with van der Waals surface area (Å²) in [4.78, 5) is 13.2. The van der Waals surface area contributed by atoms with Crippen molar-refractivity contribution in [1.82, 2.24) is 0 Å². The second-order valence-electron chi connectivity index (χ2n) is 4.65. The SMILES string of the molecule is N#Cc1ccc(CNc2ccc3c(c2)CCC(=O)N3)s1. The van der Waals surface area contributed by atoms with Gasteiger partial charge in [-0.1, -0.05) is 0 Å². The molecule has 0 bridgehead atoms. The van der Waals surface area contributed by atoms with E-state index in [0.29, 0.717) is 13.0 Å². The van der Waals surface area contributed by atoms with Crippen LogP contribution in [0.1, 0.15) is 21.7 Å². The van der Waals surface area contributed by atoms with E-state index in [2.05, 4.69) is 22.8 Å². The van der Waals surface area contributed by atoms with Crippen LogP contribution in [0.4, 0.5) is 11.4 Å². The number of carbonyl (C=O) groups excluding carboxylic acids is 1. The van der Waals surface area contributed by atoms with E-state index in [0.717, 1.165) is 27.5 Å². The highest BCUT2D eigenvalue weighted by Gasteiger charge is 2.14. The highest BCUT2D eigenvalue weighted by molar-refractivity contribution is 7.12. The van der Waals surface area contributed by atoms with Crippen LogP contribution < -0.4 is 10.6 Å². The molecule has 1 aromatic carbocycles. The predicted molar refractivity (Wildman–Crippen MR) is 79.8 cm³/mol. The minimum atomic E-state index is 0.0841. The second-order valence-corrected chi connectivity index (χ2v) is 5.82. The number of benzene rings is 1. The van der Waals surface area contributed by atoms with Crippen molar-refractivity contribution in [2.24, 2.45) is 0 Å². The topological polar surface area (TPSA) is 64.9 Å². The fourth-order valence-electron chi connectivity index (χ4n) is 2.22. The number of hydrogen-bond donors (Lipinski definition) is 2. The molecular weight excluding hydrogens is 270 g/mol. The molecule has 1 aliphatic heterocycles. The first-order valence-electron chi connectivity index (χ1n) is 6.40. The lowest BCUT2D eigenvalue weighted by molar-refractivity contribution is -0.116. The molecule has 2 heterocycles. The number of nitrogens with zero attached hydrogens (tertiary/aromatic N) is 1. The van der Waals surface area contributed by atoms with Crippen LogP contribution in [0.2, 0.25) is 0 Å². The molecule has 1 aliphatic rings. The molecule has 0 radical (unpaired) electrons. The molecule has 0 aliphatic carbocycles. The minimum Gasteiger partial charge on any atom is -0.380 e. The van der Waals surface area contributed by atoms with Crippen molar-refractivity contribution in [1.29, 1.82) is 5.26 Å². The van der Waals surface area contributed by atoms with E-state index in [-0.39, 0.29) is 5.91 Å². The minimum absolute atomic E-state index is 0.0841. The van der Waals surface area contributed by atoms with E-state index < -0.39 is 0 Å². The van der Waals surface area contributed by atoms with Gasteiger partial charge in [0, 0.05) is 29.2 Å². The van der Waals surface area contributed by atoms with Crippen LogP contribution in [0.5, 0.6) is 0 Å². The lowest BCUT2D eigenvalue weighted by Crippen LogP contribution is -2.18. The van der Waals surface area contributed by atoms with Crippen molar-refractivity contribution >= 4 is 28.6 Å². The molecule has 100 valence electrons. The summed E-state index contributed by atoms with van der Waals surface area (Å²) in [5.74, 6) is 0.0841. The lowest BCUT2D eigenvalue weighted by atomic mass is 10.0. The lowest BCUT2D eigenvalue weighted by Gasteiger charge is -2.17. The number of rotatable bonds is 3. The standard InChI is InChI=1S/C15H13N3OS/c16-8-12-3-4-13(20-12)9-17-11-2-5-14-10(7-11)1-6-15(19)18-14/h2-5,7,17H,1,6,9H2,(H,18,19). The van der Waals surface area contributed by atoms with Crippen molar-refractivity contribution in [3.8, 4) is 6.07 Å². The Morgan fingerprint density at radius 2 is 2.20 bits per heavy atom. The molecule has 1 amide bonds. The number of nitrogens with one attached hydrogen (secondary N) is 2. The van der Waals surface area contributed by atoms with Gasteiger partial charge in [0.2, 0.25) is 5.91 Å². The van der Waals surface area contributed by atoms with Gasteiger partial charge in [0.05, 0.1) is 0 Å². The Balaban J connectivity index is 1.69. The Hall–Kier alpha value is -2.32. The Kier molecular flexibility index (Phi) is 3.40. The molecule has 2 N–H and O–H groups in total. The highest BCUT2D eigenvalue weighted by atomic mass is 32.1. The van der Waals surface area contributed by atoms with Crippen LogP contribution in [0, 0.1) is 11.3 Å². The first-order valence-corrected chi connectivity index (χ1v) is 7.22. The third-order valence-electron chi connectivity index (χ3n) is 3.24. The van der Waals surface area contributed by atoms with Gasteiger partial charge in [-0.25, -0.2) is 0 Å². The van der Waals surface area contributed by atoms with Gasteiger partial charge >= 0.3 is 0 Å². The summed E-state index contributed by atoms with van der Waals surface area (Å²) in [7, 11) is 0. The molecule has 0 fully saturated rings. The molecular formula is C15H13N3OS. The maximum absolute atomic E-state index is 11.3. The third kappa shape index (κ3) is 2.65. The number of hydrogen-bond acceptors (Lipinski definition) is 4. The summed E-state index contributed by atoms with van der Waals surface area (Å²) in [6, 6.07) is 11.9. The quantitative estimate of drug-likeness (QED) is 0.909. The van der Waals surface area contributed by atoms with Crippen LogP contribution >= 0.6 is 11.3 Å². The number of carbonyl (C=O) groups is 1. The highest BCUT2D eigenvalue weighted by Crippen LogP contribution is 2.26. The van der Waals surface area contributed by atoms with E-state index >= 15 is 0 Å². The van der Waals surface area contributed by atoms with E-state index in [9.17, 15) is 4.79 Å². The molecule has 0 spiro atoms. The molecule has 20 heavy (non-hydrogen) atoms. The number of nitriles is 1. The van der Waals surface area contributed by atoms with Gasteiger partial charge in [-0.15, -0.1) is 11.3 Å². The summed E-state index contributed by atoms with van der Waals surface area (Å²) in [5.41, 5.74) is 3.11. The number of aryl methyl sites for hydroxylation is 1. The molecule has 2 aromatic rings. The smallest absolute Gasteiger partial charge is 0.224 e. The maximum atomic E-state index is 11.3. The van der Waals surface area contributed by atoms with Crippen molar-refractivity contribution in [3.05, 3.63) is 45.6 Å². The fourth-order valence-corrected chi connectivity index (χ4v) is 2.96. The monoisotopic (exact) mass is 283 g/mol. The Morgan fingerprint density at radius 1 is 1.30 bits per heavy atom. The van der Waals surface area contributed by atoms with Gasteiger partial charge in [-0.05, 0) is 42.3 Å². The molecule has 0 saturated heterocycles. The van der Waals surface area contributed by atoms with Gasteiger partial charge in [0.1, 0.15) is 10.9 Å². The van der Waals surface area contributed by atoms with E-state index in [1.54, 1.807) is 0 Å². The second kappa shape index (κ2) is 5.35. The van der Waals surface area contributed by atoms with Crippen LogP contribution in [0.15, 0.2) is 30.3 Å². The Morgan fingerprint density at radius 3 is 3.00 bits per heavy atom. The number of amides is 1. The Bertz CT molecular complexity index is 699. The van der Waals surface area contributed by atoms with E-state index in [1.165, 1.54) is 16.9 Å². The predicted octanol–water partition coefficient (Wildman–Crippen LogP) is 3.12. The number of fused-ring (bicyclic) bond motifs is 1. The molecule has 5 heteroatoms. The van der Waals surface area contributed by atoms with E-state index in [4.69, 9.17) is 5.26 Å². The third-order valence-corrected chi connectivity index (χ3v) is 4.23. The zero-order valence-electron chi connectivity index (χ0n) is 10.8. The van der Waals surface area contributed by atoms with Gasteiger partial charge in [-0.2, -0.15) is 5.26 Å². The van der Waals surface area contributed by atoms with Crippen molar-refractivity contribution < 1.29 is 4.79 Å². The molecule has 0 atom stereocenters. The molecule has 1 aromatic heterocycles. The molecule has 3 rings (SSSR count). The first-order chi connectivity index (χ1) is 9.74. The van der Waals surface area contributed by atoms with Crippen LogP contribution in [-0.2, 0) is 17.8 Å². The normalized spacial score (nSPS) is 13.2. The van der Waals surface area contributed by atoms with Crippen molar-refractivity contribution in [2.75, 3.05) is 10.6 Å². The van der Waals surface area contributed by atoms with Gasteiger partial charge in [-0.3, -0.25) is 4.79 Å². The maximum Gasteiger partial charge on any atom is 0.224 e. The van der Waals surface area contributed by atoms with Gasteiger partial charge < -0.3 is 10.6 Å². The van der Waals surface area contributed by atoms with Gasteiger partial charge in [0.15, 0.2) is 0 Å². The van der Waals surface area contributed by atoms with Crippen LogP contribution in [0.3, 0.4) is 0 Å². The first kappa shape index (κ1) is 12.7. The van der Waals surface area contributed by atoms with Crippen LogP contribution in [0.25, 0.3) is 0 Å². The average molecular weight is 283 g/mol. The van der Waals surface area contributed by atoms with Gasteiger partial charge in [0.25, 0.3) is 0 Å². The zero-order chi connectivity index (χ0) is 13.9. The van der Waals surface area contributed by atoms with Crippen molar-refractivity contribution in [2.45, 2.75) is 19.4 Å². The van der Waals surface area contributed by atoms with Crippen molar-refractivity contribution in [3.63, 3.8) is 0 Å². The van der Waals surface area contributed by atoms with Crippen LogP contribution in [-0.4, -0.2) is 5.91 Å². The zero-order valence-corrected chi connectivity index (χ0v) is 11.6. The summed E-state index contributed by atoms with van der Waals surface area (Å²) >= 11 is 1.50.